The Kier molecular flexibility index (Phi) is 4.00. The molecule has 3 heteroatoms. The van der Waals surface area contributed by atoms with Crippen molar-refractivity contribution in [2.45, 2.75) is 52.5 Å². The molecule has 1 aliphatic heterocycles. The summed E-state index contributed by atoms with van der Waals surface area (Å²) in [7, 11) is 1.72. The largest absolute Gasteiger partial charge is 0.359 e. The predicted molar refractivity (Wildman–Crippen MR) is 67.4 cm³/mol. The minimum Gasteiger partial charge on any atom is -0.359 e. The van der Waals surface area contributed by atoms with Crippen LogP contribution in [0, 0.1) is 5.41 Å². The molecule has 1 saturated heterocycles. The van der Waals surface area contributed by atoms with Crippen LogP contribution in [0.15, 0.2) is 0 Å². The van der Waals surface area contributed by atoms with Gasteiger partial charge < -0.3 is 5.32 Å². The van der Waals surface area contributed by atoms with Crippen LogP contribution in [-0.2, 0) is 4.79 Å². The van der Waals surface area contributed by atoms with Gasteiger partial charge in [0.1, 0.15) is 0 Å². The van der Waals surface area contributed by atoms with Crippen molar-refractivity contribution in [3.05, 3.63) is 0 Å². The van der Waals surface area contributed by atoms with E-state index < -0.39 is 0 Å². The van der Waals surface area contributed by atoms with Gasteiger partial charge in [0, 0.05) is 18.0 Å². The topological polar surface area (TPSA) is 32.3 Å². The molecular weight excluding hydrogens is 200 g/mol. The highest BCUT2D eigenvalue weighted by Gasteiger charge is 2.38. The second-order valence-electron chi connectivity index (χ2n) is 6.15. The van der Waals surface area contributed by atoms with Crippen molar-refractivity contribution in [1.29, 1.82) is 0 Å². The van der Waals surface area contributed by atoms with Gasteiger partial charge in [-0.25, -0.2) is 0 Å². The van der Waals surface area contributed by atoms with Gasteiger partial charge in [-0.3, -0.25) is 9.69 Å². The minimum absolute atomic E-state index is 0.118. The van der Waals surface area contributed by atoms with Crippen molar-refractivity contribution >= 4 is 5.91 Å². The van der Waals surface area contributed by atoms with Gasteiger partial charge in [-0.05, 0) is 46.2 Å². The second kappa shape index (κ2) is 4.74. The van der Waals surface area contributed by atoms with Crippen LogP contribution in [0.2, 0.25) is 0 Å². The molecule has 0 bridgehead atoms. The number of nitrogens with one attached hydrogen (secondary N) is 1. The smallest absolute Gasteiger partial charge is 0.225 e. The lowest BCUT2D eigenvalue weighted by molar-refractivity contribution is -0.130. The molecule has 0 aliphatic carbocycles. The average molecular weight is 226 g/mol. The predicted octanol–water partition coefficient (Wildman–Crippen LogP) is 2.02. The van der Waals surface area contributed by atoms with E-state index in [1.807, 2.05) is 13.8 Å². The highest BCUT2D eigenvalue weighted by molar-refractivity contribution is 5.81. The first-order valence-corrected chi connectivity index (χ1v) is 6.27. The molecule has 1 heterocycles. The summed E-state index contributed by atoms with van der Waals surface area (Å²) in [5, 5.41) is 2.76. The molecule has 0 aromatic rings. The Balaban J connectivity index is 2.66. The fourth-order valence-corrected chi connectivity index (χ4v) is 2.93. The van der Waals surface area contributed by atoms with Crippen LogP contribution in [-0.4, -0.2) is 36.5 Å². The summed E-state index contributed by atoms with van der Waals surface area (Å²) in [5.74, 6) is 0.139. The van der Waals surface area contributed by atoms with E-state index in [9.17, 15) is 4.79 Å². The molecule has 0 atom stereocenters. The molecule has 0 aromatic carbocycles. The third-order valence-electron chi connectivity index (χ3n) is 3.68. The molecule has 1 rings (SSSR count). The first-order chi connectivity index (χ1) is 7.29. The van der Waals surface area contributed by atoms with Crippen LogP contribution >= 0.6 is 0 Å². The van der Waals surface area contributed by atoms with Gasteiger partial charge in [-0.15, -0.1) is 0 Å². The van der Waals surface area contributed by atoms with Crippen LogP contribution in [0.3, 0.4) is 0 Å². The van der Waals surface area contributed by atoms with Crippen LogP contribution in [0.25, 0.3) is 0 Å². The Morgan fingerprint density at radius 2 is 1.69 bits per heavy atom. The average Bonchev–Trinajstić information content (AvgIpc) is 2.68. The lowest BCUT2D eigenvalue weighted by Gasteiger charge is -2.40. The molecular formula is C13H26N2O. The Labute approximate surface area is 99.6 Å². The van der Waals surface area contributed by atoms with Crippen molar-refractivity contribution < 1.29 is 4.79 Å². The molecule has 0 spiro atoms. The summed E-state index contributed by atoms with van der Waals surface area (Å²) in [6.07, 6.45) is 3.49. The monoisotopic (exact) mass is 226 g/mol. The quantitative estimate of drug-likeness (QED) is 0.795. The maximum Gasteiger partial charge on any atom is 0.225 e. The van der Waals surface area contributed by atoms with E-state index in [0.29, 0.717) is 0 Å². The fourth-order valence-electron chi connectivity index (χ4n) is 2.93. The van der Waals surface area contributed by atoms with Crippen molar-refractivity contribution in [3.8, 4) is 0 Å². The molecule has 1 amide bonds. The normalized spacial score (nSPS) is 18.8. The highest BCUT2D eigenvalue weighted by Crippen LogP contribution is 2.33. The molecule has 94 valence electrons. The van der Waals surface area contributed by atoms with E-state index in [0.717, 1.165) is 6.42 Å². The lowest BCUT2D eigenvalue weighted by atomic mass is 9.78. The third-order valence-corrected chi connectivity index (χ3v) is 3.68. The zero-order valence-corrected chi connectivity index (χ0v) is 11.4. The summed E-state index contributed by atoms with van der Waals surface area (Å²) in [5.41, 5.74) is -0.173. The number of hydrogen-bond acceptors (Lipinski definition) is 2. The summed E-state index contributed by atoms with van der Waals surface area (Å²) in [6.45, 7) is 10.9. The minimum atomic E-state index is -0.291. The highest BCUT2D eigenvalue weighted by atomic mass is 16.2. The number of carbonyl (C=O) groups is 1. The standard InChI is InChI=1S/C13H26N2O/c1-12(2,11(16)14-5)10-13(3,4)15-8-6-7-9-15/h6-10H2,1-5H3,(H,14,16). The number of amides is 1. The number of rotatable bonds is 4. The Bertz CT molecular complexity index is 253. The molecule has 1 fully saturated rings. The zero-order valence-electron chi connectivity index (χ0n) is 11.4. The molecule has 1 aliphatic rings. The van der Waals surface area contributed by atoms with Crippen LogP contribution in [0.5, 0.6) is 0 Å². The van der Waals surface area contributed by atoms with E-state index in [1.54, 1.807) is 7.05 Å². The summed E-state index contributed by atoms with van der Waals surface area (Å²) in [4.78, 5) is 14.3. The second-order valence-corrected chi connectivity index (χ2v) is 6.15. The van der Waals surface area contributed by atoms with E-state index in [-0.39, 0.29) is 16.9 Å². The van der Waals surface area contributed by atoms with Gasteiger partial charge >= 0.3 is 0 Å². The van der Waals surface area contributed by atoms with E-state index in [4.69, 9.17) is 0 Å². The summed E-state index contributed by atoms with van der Waals surface area (Å²) < 4.78 is 0. The first-order valence-electron chi connectivity index (χ1n) is 6.27. The molecule has 0 unspecified atom stereocenters. The van der Waals surface area contributed by atoms with Crippen molar-refractivity contribution in [1.82, 2.24) is 10.2 Å². The fraction of sp³-hybridized carbons (Fsp3) is 0.923. The summed E-state index contributed by atoms with van der Waals surface area (Å²) >= 11 is 0. The lowest BCUT2D eigenvalue weighted by Crippen LogP contribution is -2.48. The van der Waals surface area contributed by atoms with Gasteiger partial charge in [-0.1, -0.05) is 13.8 Å². The van der Waals surface area contributed by atoms with E-state index in [2.05, 4.69) is 24.1 Å². The Hall–Kier alpha value is -0.570. The zero-order chi connectivity index (χ0) is 12.4. The maximum absolute atomic E-state index is 11.8. The van der Waals surface area contributed by atoms with Gasteiger partial charge in [0.05, 0.1) is 0 Å². The van der Waals surface area contributed by atoms with Crippen LogP contribution in [0.4, 0.5) is 0 Å². The van der Waals surface area contributed by atoms with Gasteiger partial charge in [0.25, 0.3) is 0 Å². The SMILES string of the molecule is CNC(=O)C(C)(C)CC(C)(C)N1CCCC1. The van der Waals surface area contributed by atoms with E-state index >= 15 is 0 Å². The van der Waals surface area contributed by atoms with E-state index in [1.165, 1.54) is 25.9 Å². The van der Waals surface area contributed by atoms with Gasteiger partial charge in [0.2, 0.25) is 5.91 Å². The Morgan fingerprint density at radius 3 is 2.12 bits per heavy atom. The molecule has 1 N–H and O–H groups in total. The molecule has 16 heavy (non-hydrogen) atoms. The third kappa shape index (κ3) is 2.97. The van der Waals surface area contributed by atoms with Crippen molar-refractivity contribution in [3.63, 3.8) is 0 Å². The van der Waals surface area contributed by atoms with Gasteiger partial charge in [-0.2, -0.15) is 0 Å². The summed E-state index contributed by atoms with van der Waals surface area (Å²) in [6, 6.07) is 0. The number of carbonyl (C=O) groups excluding carboxylic acids is 1. The molecule has 0 saturated carbocycles. The molecule has 3 nitrogen and oxygen atoms in total. The van der Waals surface area contributed by atoms with Crippen LogP contribution < -0.4 is 5.32 Å². The number of likely N-dealkylation sites (tertiary alicyclic amines) is 1. The molecule has 0 radical (unpaired) electrons. The van der Waals surface area contributed by atoms with Gasteiger partial charge in [0.15, 0.2) is 0 Å². The molecule has 0 aromatic heterocycles. The Morgan fingerprint density at radius 1 is 1.19 bits per heavy atom. The van der Waals surface area contributed by atoms with Crippen molar-refractivity contribution in [2.75, 3.05) is 20.1 Å². The maximum atomic E-state index is 11.8. The number of nitrogens with zero attached hydrogens (tertiary/aromatic N) is 1. The van der Waals surface area contributed by atoms with Crippen LogP contribution in [0.1, 0.15) is 47.0 Å². The number of hydrogen-bond donors (Lipinski definition) is 1. The van der Waals surface area contributed by atoms with Crippen molar-refractivity contribution in [2.24, 2.45) is 5.41 Å². The first kappa shape index (κ1) is 13.5.